The lowest BCUT2D eigenvalue weighted by molar-refractivity contribution is -0.131. The summed E-state index contributed by atoms with van der Waals surface area (Å²) < 4.78 is 13.1. The van der Waals surface area contributed by atoms with E-state index in [2.05, 4.69) is 48.3 Å². The molecule has 0 fully saturated rings. The fraction of sp³-hybridized carbons (Fsp3) is 0.250. The Morgan fingerprint density at radius 2 is 1.62 bits per heavy atom. The monoisotopic (exact) mass is 428 g/mol. The van der Waals surface area contributed by atoms with Crippen molar-refractivity contribution < 1.29 is 9.18 Å². The minimum absolute atomic E-state index is 0.160. The van der Waals surface area contributed by atoms with Crippen LogP contribution in [0.4, 0.5) is 4.39 Å². The van der Waals surface area contributed by atoms with Crippen molar-refractivity contribution in [3.05, 3.63) is 107 Å². The molecular formula is C28H29FN2O. The Morgan fingerprint density at radius 3 is 2.41 bits per heavy atom. The highest BCUT2D eigenvalue weighted by molar-refractivity contribution is 5.83. The van der Waals surface area contributed by atoms with E-state index in [9.17, 15) is 9.18 Å². The lowest BCUT2D eigenvalue weighted by Gasteiger charge is -2.23. The van der Waals surface area contributed by atoms with Gasteiger partial charge in [0.15, 0.2) is 0 Å². The first-order valence-electron chi connectivity index (χ1n) is 11.2. The largest absolute Gasteiger partial charge is 0.361 e. The first-order chi connectivity index (χ1) is 15.6. The normalized spacial score (nSPS) is 11.1. The molecule has 4 rings (SSSR count). The Balaban J connectivity index is 1.41. The van der Waals surface area contributed by atoms with Crippen molar-refractivity contribution in [2.75, 3.05) is 6.54 Å². The molecule has 0 unspecified atom stereocenters. The van der Waals surface area contributed by atoms with Gasteiger partial charge in [0.05, 0.1) is 0 Å². The van der Waals surface area contributed by atoms with Crippen molar-refractivity contribution in [1.29, 1.82) is 0 Å². The van der Waals surface area contributed by atoms with Gasteiger partial charge >= 0.3 is 0 Å². The third kappa shape index (κ3) is 5.64. The second-order valence-corrected chi connectivity index (χ2v) is 8.39. The molecule has 1 heterocycles. The first kappa shape index (κ1) is 21.8. The van der Waals surface area contributed by atoms with Gasteiger partial charge in [-0.15, -0.1) is 0 Å². The second-order valence-electron chi connectivity index (χ2n) is 8.39. The van der Waals surface area contributed by atoms with Crippen LogP contribution in [0.5, 0.6) is 0 Å². The Morgan fingerprint density at radius 1 is 0.906 bits per heavy atom. The van der Waals surface area contributed by atoms with Crippen LogP contribution < -0.4 is 0 Å². The molecule has 0 aliphatic heterocycles. The van der Waals surface area contributed by atoms with Gasteiger partial charge in [-0.1, -0.05) is 60.2 Å². The van der Waals surface area contributed by atoms with Crippen LogP contribution >= 0.6 is 0 Å². The molecule has 0 atom stereocenters. The maximum atomic E-state index is 13.1. The Labute approximate surface area is 188 Å². The SMILES string of the molecule is Cc1ccc(CN(CCc2c[nH]c3ccccc23)C(=O)CCCc2ccc(F)cc2)cc1. The lowest BCUT2D eigenvalue weighted by Crippen LogP contribution is -2.32. The van der Waals surface area contributed by atoms with E-state index in [1.54, 1.807) is 12.1 Å². The average Bonchev–Trinajstić information content (AvgIpc) is 3.22. The summed E-state index contributed by atoms with van der Waals surface area (Å²) in [4.78, 5) is 18.4. The number of aromatic amines is 1. The summed E-state index contributed by atoms with van der Waals surface area (Å²) in [7, 11) is 0. The van der Waals surface area contributed by atoms with Crippen LogP contribution in [0.15, 0.2) is 79.0 Å². The summed E-state index contributed by atoms with van der Waals surface area (Å²) in [6.45, 7) is 3.35. The van der Waals surface area contributed by atoms with Crippen LogP contribution in [-0.4, -0.2) is 22.3 Å². The molecule has 4 aromatic rings. The fourth-order valence-electron chi connectivity index (χ4n) is 4.05. The lowest BCUT2D eigenvalue weighted by atomic mass is 10.1. The van der Waals surface area contributed by atoms with Gasteiger partial charge in [-0.3, -0.25) is 4.79 Å². The first-order valence-corrected chi connectivity index (χ1v) is 11.2. The number of amides is 1. The minimum atomic E-state index is -0.230. The second kappa shape index (κ2) is 10.3. The molecule has 3 aromatic carbocycles. The minimum Gasteiger partial charge on any atom is -0.361 e. The van der Waals surface area contributed by atoms with E-state index in [-0.39, 0.29) is 11.7 Å². The number of aromatic nitrogens is 1. The summed E-state index contributed by atoms with van der Waals surface area (Å²) in [6, 6.07) is 23.2. The highest BCUT2D eigenvalue weighted by Crippen LogP contribution is 2.19. The maximum absolute atomic E-state index is 13.1. The van der Waals surface area contributed by atoms with Crippen LogP contribution in [0.1, 0.15) is 35.1 Å². The van der Waals surface area contributed by atoms with Gasteiger partial charge in [0.2, 0.25) is 5.91 Å². The van der Waals surface area contributed by atoms with Gasteiger partial charge in [0.25, 0.3) is 0 Å². The molecule has 0 saturated heterocycles. The van der Waals surface area contributed by atoms with Crippen LogP contribution in [-0.2, 0) is 24.2 Å². The highest BCUT2D eigenvalue weighted by Gasteiger charge is 2.15. The molecule has 3 nitrogen and oxygen atoms in total. The number of carbonyl (C=O) groups excluding carboxylic acids is 1. The number of fused-ring (bicyclic) bond motifs is 1. The van der Waals surface area contributed by atoms with Crippen LogP contribution in [0.25, 0.3) is 10.9 Å². The smallest absolute Gasteiger partial charge is 0.222 e. The summed E-state index contributed by atoms with van der Waals surface area (Å²) >= 11 is 0. The van der Waals surface area contributed by atoms with E-state index < -0.39 is 0 Å². The van der Waals surface area contributed by atoms with Crippen molar-refractivity contribution in [2.45, 2.75) is 39.2 Å². The molecule has 0 bridgehead atoms. The number of rotatable bonds is 9. The van der Waals surface area contributed by atoms with Gasteiger partial charge in [0.1, 0.15) is 5.82 Å². The molecular weight excluding hydrogens is 399 g/mol. The van der Waals surface area contributed by atoms with Crippen molar-refractivity contribution in [3.8, 4) is 0 Å². The zero-order chi connectivity index (χ0) is 22.3. The molecule has 0 radical (unpaired) electrons. The molecule has 32 heavy (non-hydrogen) atoms. The van der Waals surface area contributed by atoms with Crippen LogP contribution in [0, 0.1) is 12.7 Å². The van der Waals surface area contributed by atoms with Crippen LogP contribution in [0.3, 0.4) is 0 Å². The summed E-state index contributed by atoms with van der Waals surface area (Å²) in [6.07, 6.45) is 4.86. The number of benzene rings is 3. The Bertz CT molecular complexity index is 1160. The topological polar surface area (TPSA) is 36.1 Å². The van der Waals surface area contributed by atoms with E-state index in [4.69, 9.17) is 0 Å². The summed E-state index contributed by atoms with van der Waals surface area (Å²) in [5.41, 5.74) is 5.76. The Hall–Kier alpha value is -3.40. The van der Waals surface area contributed by atoms with Gasteiger partial charge in [-0.25, -0.2) is 4.39 Å². The molecule has 1 aromatic heterocycles. The number of hydrogen-bond donors (Lipinski definition) is 1. The van der Waals surface area contributed by atoms with Crippen molar-refractivity contribution in [3.63, 3.8) is 0 Å². The van der Waals surface area contributed by atoms with Crippen LogP contribution in [0.2, 0.25) is 0 Å². The molecule has 1 N–H and O–H groups in total. The van der Waals surface area contributed by atoms with Gasteiger partial charge < -0.3 is 9.88 Å². The number of carbonyl (C=O) groups is 1. The summed E-state index contributed by atoms with van der Waals surface area (Å²) in [5.74, 6) is -0.0705. The van der Waals surface area contributed by atoms with E-state index >= 15 is 0 Å². The summed E-state index contributed by atoms with van der Waals surface area (Å²) in [5, 5.41) is 1.21. The van der Waals surface area contributed by atoms with Crippen molar-refractivity contribution in [1.82, 2.24) is 9.88 Å². The number of halogens is 1. The quantitative estimate of drug-likeness (QED) is 0.338. The molecule has 0 aliphatic carbocycles. The highest BCUT2D eigenvalue weighted by atomic mass is 19.1. The number of hydrogen-bond acceptors (Lipinski definition) is 1. The average molecular weight is 429 g/mol. The van der Waals surface area contributed by atoms with E-state index in [1.807, 2.05) is 23.2 Å². The molecule has 4 heteroatoms. The standard InChI is InChI=1S/C28H29FN2O/c1-21-9-11-23(12-10-21)20-31(18-17-24-19-30-27-7-3-2-6-26(24)27)28(32)8-4-5-22-13-15-25(29)16-14-22/h2-3,6-7,9-16,19,30H,4-5,8,17-18,20H2,1H3. The third-order valence-corrected chi connectivity index (χ3v) is 5.94. The molecule has 0 spiro atoms. The number of nitrogens with zero attached hydrogens (tertiary/aromatic N) is 1. The zero-order valence-electron chi connectivity index (χ0n) is 18.5. The number of nitrogens with one attached hydrogen (secondary N) is 1. The van der Waals surface area contributed by atoms with Gasteiger partial charge in [-0.05, 0) is 61.1 Å². The van der Waals surface area contributed by atoms with E-state index in [1.165, 1.54) is 28.6 Å². The van der Waals surface area contributed by atoms with Gasteiger partial charge in [0, 0.05) is 36.6 Å². The van der Waals surface area contributed by atoms with Gasteiger partial charge in [-0.2, -0.15) is 0 Å². The molecule has 164 valence electrons. The Kier molecular flexibility index (Phi) is 7.00. The van der Waals surface area contributed by atoms with E-state index in [0.717, 1.165) is 35.9 Å². The fourth-order valence-corrected chi connectivity index (χ4v) is 4.05. The molecule has 1 amide bonds. The maximum Gasteiger partial charge on any atom is 0.222 e. The predicted molar refractivity (Wildman–Crippen MR) is 128 cm³/mol. The zero-order valence-corrected chi connectivity index (χ0v) is 18.5. The van der Waals surface area contributed by atoms with Crippen molar-refractivity contribution >= 4 is 16.8 Å². The molecule has 0 aliphatic rings. The third-order valence-electron chi connectivity index (χ3n) is 5.94. The number of aryl methyl sites for hydroxylation is 2. The number of H-pyrrole nitrogens is 1. The van der Waals surface area contributed by atoms with E-state index in [0.29, 0.717) is 19.5 Å². The number of para-hydroxylation sites is 1. The van der Waals surface area contributed by atoms with Crippen molar-refractivity contribution in [2.24, 2.45) is 0 Å². The predicted octanol–water partition coefficient (Wildman–Crippen LogP) is 6.21. The molecule has 0 saturated carbocycles.